The summed E-state index contributed by atoms with van der Waals surface area (Å²) in [7, 11) is 0. The lowest BCUT2D eigenvalue weighted by atomic mass is 10.1. The first kappa shape index (κ1) is 23.8. The summed E-state index contributed by atoms with van der Waals surface area (Å²) in [5.41, 5.74) is 3.71. The number of para-hydroxylation sites is 1. The van der Waals surface area contributed by atoms with Crippen molar-refractivity contribution in [1.29, 1.82) is 0 Å². The number of thioether (sulfide) groups is 1. The van der Waals surface area contributed by atoms with Gasteiger partial charge >= 0.3 is 0 Å². The van der Waals surface area contributed by atoms with Crippen molar-refractivity contribution in [3.63, 3.8) is 0 Å². The van der Waals surface area contributed by atoms with E-state index in [1.165, 1.54) is 11.8 Å². The van der Waals surface area contributed by atoms with Gasteiger partial charge in [0.25, 0.3) is 5.91 Å². The first-order chi connectivity index (χ1) is 17.6. The molecule has 5 rings (SSSR count). The van der Waals surface area contributed by atoms with Gasteiger partial charge < -0.3 is 9.80 Å². The van der Waals surface area contributed by atoms with Gasteiger partial charge in [0.2, 0.25) is 5.91 Å². The van der Waals surface area contributed by atoms with Crippen molar-refractivity contribution in [3.8, 4) is 17.1 Å². The van der Waals surface area contributed by atoms with Crippen LogP contribution in [0, 0.1) is 6.92 Å². The third-order valence-electron chi connectivity index (χ3n) is 6.22. The Bertz CT molecular complexity index is 1330. The van der Waals surface area contributed by atoms with Gasteiger partial charge in [-0.2, -0.15) is 0 Å². The predicted molar refractivity (Wildman–Crippen MR) is 141 cm³/mol. The minimum absolute atomic E-state index is 0.0147. The molecule has 0 aliphatic carbocycles. The summed E-state index contributed by atoms with van der Waals surface area (Å²) in [5, 5.41) is 9.52. The maximum atomic E-state index is 13.0. The van der Waals surface area contributed by atoms with Crippen LogP contribution < -0.4 is 0 Å². The standard InChI is InChI=1S/C28H27N5O2S/c1-21-12-14-23(15-13-21)27(35)32-18-16-31(17-19-32)25(34)20-36-28-30-29-26(22-8-4-2-5-9-22)33(28)24-10-6-3-7-11-24/h2-15H,16-20H2,1H3. The highest BCUT2D eigenvalue weighted by molar-refractivity contribution is 7.99. The van der Waals surface area contributed by atoms with Gasteiger partial charge in [-0.25, -0.2) is 0 Å². The molecular formula is C28H27N5O2S. The second-order valence-corrected chi connectivity index (χ2v) is 9.61. The molecule has 0 radical (unpaired) electrons. The number of rotatable bonds is 6. The summed E-state index contributed by atoms with van der Waals surface area (Å²) in [4.78, 5) is 29.5. The van der Waals surface area contributed by atoms with E-state index in [4.69, 9.17) is 0 Å². The van der Waals surface area contributed by atoms with Crippen LogP contribution in [0.3, 0.4) is 0 Å². The van der Waals surface area contributed by atoms with Crippen molar-refractivity contribution in [1.82, 2.24) is 24.6 Å². The number of nitrogens with zero attached hydrogens (tertiary/aromatic N) is 5. The van der Waals surface area contributed by atoms with Crippen LogP contribution >= 0.6 is 11.8 Å². The molecule has 1 saturated heterocycles. The van der Waals surface area contributed by atoms with Gasteiger partial charge in [-0.15, -0.1) is 10.2 Å². The van der Waals surface area contributed by atoms with Crippen molar-refractivity contribution < 1.29 is 9.59 Å². The number of amides is 2. The lowest BCUT2D eigenvalue weighted by Crippen LogP contribution is -2.51. The van der Waals surface area contributed by atoms with Crippen LogP contribution in [0.25, 0.3) is 17.1 Å². The fraction of sp³-hybridized carbons (Fsp3) is 0.214. The molecule has 4 aromatic rings. The van der Waals surface area contributed by atoms with E-state index in [2.05, 4.69) is 10.2 Å². The third kappa shape index (κ3) is 5.18. The zero-order chi connectivity index (χ0) is 24.9. The molecule has 1 aromatic heterocycles. The molecule has 7 nitrogen and oxygen atoms in total. The Morgan fingerprint density at radius 3 is 2.06 bits per heavy atom. The monoisotopic (exact) mass is 497 g/mol. The Morgan fingerprint density at radius 1 is 0.778 bits per heavy atom. The van der Waals surface area contributed by atoms with Crippen LogP contribution in [-0.4, -0.2) is 68.3 Å². The number of carbonyl (C=O) groups is 2. The van der Waals surface area contributed by atoms with E-state index in [-0.39, 0.29) is 17.6 Å². The molecule has 1 aliphatic heterocycles. The van der Waals surface area contributed by atoms with Crippen molar-refractivity contribution in [2.45, 2.75) is 12.1 Å². The summed E-state index contributed by atoms with van der Waals surface area (Å²) < 4.78 is 1.99. The highest BCUT2D eigenvalue weighted by Crippen LogP contribution is 2.28. The molecule has 0 N–H and O–H groups in total. The zero-order valence-electron chi connectivity index (χ0n) is 20.1. The maximum Gasteiger partial charge on any atom is 0.253 e. The molecule has 1 aliphatic rings. The molecule has 0 unspecified atom stereocenters. The van der Waals surface area contributed by atoms with Gasteiger partial charge in [-0.1, -0.05) is 78.0 Å². The van der Waals surface area contributed by atoms with Crippen LogP contribution in [-0.2, 0) is 4.79 Å². The van der Waals surface area contributed by atoms with E-state index in [1.54, 1.807) is 0 Å². The maximum absolute atomic E-state index is 13.0. The molecular weight excluding hydrogens is 470 g/mol. The Labute approximate surface area is 214 Å². The topological polar surface area (TPSA) is 71.3 Å². The normalized spacial score (nSPS) is 13.6. The molecule has 1 fully saturated rings. The van der Waals surface area contributed by atoms with Crippen molar-refractivity contribution in [2.75, 3.05) is 31.9 Å². The number of piperazine rings is 1. The van der Waals surface area contributed by atoms with Crippen molar-refractivity contribution >= 4 is 23.6 Å². The molecule has 36 heavy (non-hydrogen) atoms. The molecule has 2 amide bonds. The first-order valence-corrected chi connectivity index (χ1v) is 12.9. The smallest absolute Gasteiger partial charge is 0.253 e. The van der Waals surface area contributed by atoms with Crippen LogP contribution in [0.1, 0.15) is 15.9 Å². The van der Waals surface area contributed by atoms with E-state index in [1.807, 2.05) is 106 Å². The van der Waals surface area contributed by atoms with Gasteiger partial charge in [0.05, 0.1) is 5.75 Å². The minimum Gasteiger partial charge on any atom is -0.338 e. The largest absolute Gasteiger partial charge is 0.338 e. The molecule has 182 valence electrons. The second-order valence-electron chi connectivity index (χ2n) is 8.67. The average molecular weight is 498 g/mol. The number of aryl methyl sites for hydroxylation is 1. The fourth-order valence-electron chi connectivity index (χ4n) is 4.20. The number of hydrogen-bond acceptors (Lipinski definition) is 5. The Kier molecular flexibility index (Phi) is 7.13. The fourth-order valence-corrected chi connectivity index (χ4v) is 5.06. The lowest BCUT2D eigenvalue weighted by Gasteiger charge is -2.34. The predicted octanol–water partition coefficient (Wildman–Crippen LogP) is 4.32. The zero-order valence-corrected chi connectivity index (χ0v) is 20.9. The summed E-state index contributed by atoms with van der Waals surface area (Å²) in [6.45, 7) is 4.11. The third-order valence-corrected chi connectivity index (χ3v) is 7.14. The Hall–Kier alpha value is -3.91. The first-order valence-electron chi connectivity index (χ1n) is 11.9. The van der Waals surface area contributed by atoms with Crippen LogP contribution in [0.5, 0.6) is 0 Å². The van der Waals surface area contributed by atoms with Crippen molar-refractivity contribution in [2.24, 2.45) is 0 Å². The second kappa shape index (κ2) is 10.8. The van der Waals surface area contributed by atoms with E-state index in [0.29, 0.717) is 36.9 Å². The minimum atomic E-state index is 0.0147. The molecule has 0 atom stereocenters. The molecule has 0 saturated carbocycles. The Balaban J connectivity index is 1.24. The highest BCUT2D eigenvalue weighted by Gasteiger charge is 2.25. The van der Waals surface area contributed by atoms with Gasteiger partial charge in [-0.05, 0) is 31.2 Å². The van der Waals surface area contributed by atoms with Crippen LogP contribution in [0.2, 0.25) is 0 Å². The quantitative estimate of drug-likeness (QED) is 0.371. The number of carbonyl (C=O) groups excluding carboxylic acids is 2. The van der Waals surface area contributed by atoms with E-state index < -0.39 is 0 Å². The van der Waals surface area contributed by atoms with E-state index in [9.17, 15) is 9.59 Å². The lowest BCUT2D eigenvalue weighted by molar-refractivity contribution is -0.129. The van der Waals surface area contributed by atoms with Gasteiger partial charge in [0, 0.05) is 43.0 Å². The summed E-state index contributed by atoms with van der Waals surface area (Å²) in [5.74, 6) is 1.04. The van der Waals surface area contributed by atoms with Gasteiger partial charge in [0.15, 0.2) is 11.0 Å². The van der Waals surface area contributed by atoms with Crippen LogP contribution in [0.15, 0.2) is 90.1 Å². The SMILES string of the molecule is Cc1ccc(C(=O)N2CCN(C(=O)CSc3nnc(-c4ccccc4)n3-c3ccccc3)CC2)cc1. The van der Waals surface area contributed by atoms with Gasteiger partial charge in [0.1, 0.15) is 0 Å². The summed E-state index contributed by atoms with van der Waals surface area (Å²) in [6.07, 6.45) is 0. The summed E-state index contributed by atoms with van der Waals surface area (Å²) in [6, 6.07) is 27.4. The Morgan fingerprint density at radius 2 is 1.39 bits per heavy atom. The van der Waals surface area contributed by atoms with Crippen LogP contribution in [0.4, 0.5) is 0 Å². The number of aromatic nitrogens is 3. The highest BCUT2D eigenvalue weighted by atomic mass is 32.2. The van der Waals surface area contributed by atoms with E-state index in [0.717, 1.165) is 22.6 Å². The molecule has 0 bridgehead atoms. The molecule has 2 heterocycles. The molecule has 3 aromatic carbocycles. The summed E-state index contributed by atoms with van der Waals surface area (Å²) >= 11 is 1.38. The average Bonchev–Trinajstić information content (AvgIpc) is 3.37. The molecule has 8 heteroatoms. The number of benzene rings is 3. The van der Waals surface area contributed by atoms with Crippen molar-refractivity contribution in [3.05, 3.63) is 96.1 Å². The molecule has 0 spiro atoms. The van der Waals surface area contributed by atoms with Gasteiger partial charge in [-0.3, -0.25) is 14.2 Å². The number of hydrogen-bond donors (Lipinski definition) is 0. The van der Waals surface area contributed by atoms with E-state index >= 15 is 0 Å².